The summed E-state index contributed by atoms with van der Waals surface area (Å²) in [7, 11) is 0. The van der Waals surface area contributed by atoms with E-state index in [1.165, 1.54) is 63.6 Å². The molecule has 4 heteroatoms. The highest BCUT2D eigenvalue weighted by Crippen LogP contribution is 2.55. The summed E-state index contributed by atoms with van der Waals surface area (Å²) in [6.07, 6.45) is 13.6. The summed E-state index contributed by atoms with van der Waals surface area (Å²) in [5.74, 6) is 0. The average Bonchev–Trinajstić information content (AvgIpc) is 3.16. The molecule has 3 fully saturated rings. The molecule has 2 heterocycles. The zero-order valence-corrected chi connectivity index (χ0v) is 15.6. The molecule has 4 rings (SSSR count). The number of piperidine rings is 1. The minimum atomic E-state index is 0.462. The van der Waals surface area contributed by atoms with Gasteiger partial charge in [0, 0.05) is 43.0 Å². The summed E-state index contributed by atoms with van der Waals surface area (Å²) >= 11 is 0. The predicted molar refractivity (Wildman–Crippen MR) is 100 cm³/mol. The van der Waals surface area contributed by atoms with Crippen LogP contribution in [0.25, 0.3) is 0 Å². The van der Waals surface area contributed by atoms with Gasteiger partial charge in [0.1, 0.15) is 0 Å². The smallest absolute Gasteiger partial charge is 0.0661 e. The van der Waals surface area contributed by atoms with Crippen LogP contribution in [-0.2, 0) is 11.3 Å². The zero-order valence-electron chi connectivity index (χ0n) is 15.6. The van der Waals surface area contributed by atoms with E-state index in [1.54, 1.807) is 0 Å². The minimum Gasteiger partial charge on any atom is -0.378 e. The van der Waals surface area contributed by atoms with E-state index in [4.69, 9.17) is 4.74 Å². The van der Waals surface area contributed by atoms with Gasteiger partial charge in [0.05, 0.1) is 6.10 Å². The van der Waals surface area contributed by atoms with Gasteiger partial charge in [0.15, 0.2) is 0 Å². The second-order valence-electron chi connectivity index (χ2n) is 8.25. The van der Waals surface area contributed by atoms with Crippen molar-refractivity contribution in [1.82, 2.24) is 15.2 Å². The molecule has 1 spiro atoms. The summed E-state index contributed by atoms with van der Waals surface area (Å²) in [6, 6.07) is 5.66. The molecular formula is C21H33N3O. The Kier molecular flexibility index (Phi) is 5.39. The normalized spacial score (nSPS) is 29.8. The standard InChI is InChI=1S/C21H33N3O/c1-2-25-20-15-19(21(20)9-3-4-10-21)23-18-7-13-24(14-8-18)16-17-5-11-22-12-6-17/h5-6,11-12,18-20,23H,2-4,7-10,13-16H2,1H3/t19-,20-/m1/s1. The van der Waals surface area contributed by atoms with Crippen LogP contribution in [0, 0.1) is 5.41 Å². The molecule has 0 radical (unpaired) electrons. The quantitative estimate of drug-likeness (QED) is 0.859. The first-order valence-corrected chi connectivity index (χ1v) is 10.3. The molecule has 25 heavy (non-hydrogen) atoms. The van der Waals surface area contributed by atoms with E-state index in [9.17, 15) is 0 Å². The third-order valence-electron chi connectivity index (χ3n) is 6.87. The van der Waals surface area contributed by atoms with Crippen molar-refractivity contribution in [2.75, 3.05) is 19.7 Å². The molecule has 0 unspecified atom stereocenters. The number of aromatic nitrogens is 1. The molecular weight excluding hydrogens is 310 g/mol. The predicted octanol–water partition coefficient (Wildman–Crippen LogP) is 3.37. The topological polar surface area (TPSA) is 37.4 Å². The van der Waals surface area contributed by atoms with Gasteiger partial charge in [-0.05, 0) is 69.8 Å². The third-order valence-corrected chi connectivity index (χ3v) is 6.87. The maximum atomic E-state index is 6.07. The fourth-order valence-corrected chi connectivity index (χ4v) is 5.41. The van der Waals surface area contributed by atoms with Crippen LogP contribution in [0.15, 0.2) is 24.5 Å². The summed E-state index contributed by atoms with van der Waals surface area (Å²) in [6.45, 7) is 6.48. The molecule has 1 N–H and O–H groups in total. The van der Waals surface area contributed by atoms with Gasteiger partial charge in [-0.1, -0.05) is 12.8 Å². The Morgan fingerprint density at radius 2 is 1.92 bits per heavy atom. The van der Waals surface area contributed by atoms with Crippen molar-refractivity contribution in [3.63, 3.8) is 0 Å². The first kappa shape index (κ1) is 17.4. The first-order chi connectivity index (χ1) is 12.3. The largest absolute Gasteiger partial charge is 0.378 e. The van der Waals surface area contributed by atoms with Crippen LogP contribution in [0.3, 0.4) is 0 Å². The highest BCUT2D eigenvalue weighted by Gasteiger charge is 2.56. The van der Waals surface area contributed by atoms with E-state index in [1.807, 2.05) is 12.4 Å². The van der Waals surface area contributed by atoms with E-state index in [0.29, 0.717) is 23.6 Å². The van der Waals surface area contributed by atoms with Crippen molar-refractivity contribution in [3.8, 4) is 0 Å². The van der Waals surface area contributed by atoms with Crippen molar-refractivity contribution in [3.05, 3.63) is 30.1 Å². The lowest BCUT2D eigenvalue weighted by atomic mass is 9.60. The Morgan fingerprint density at radius 1 is 1.20 bits per heavy atom. The highest BCUT2D eigenvalue weighted by atomic mass is 16.5. The van der Waals surface area contributed by atoms with Gasteiger partial charge in [-0.2, -0.15) is 0 Å². The molecule has 1 aliphatic heterocycles. The number of hydrogen-bond acceptors (Lipinski definition) is 4. The number of pyridine rings is 1. The molecule has 1 aromatic heterocycles. The van der Waals surface area contributed by atoms with Gasteiger partial charge >= 0.3 is 0 Å². The Bertz CT molecular complexity index is 535. The number of rotatable bonds is 6. The first-order valence-electron chi connectivity index (χ1n) is 10.3. The number of nitrogens with one attached hydrogen (secondary N) is 1. The molecule has 2 saturated carbocycles. The number of likely N-dealkylation sites (tertiary alicyclic amines) is 1. The molecule has 0 amide bonds. The van der Waals surface area contributed by atoms with Crippen molar-refractivity contribution >= 4 is 0 Å². The number of nitrogens with zero attached hydrogens (tertiary/aromatic N) is 2. The van der Waals surface area contributed by atoms with Gasteiger partial charge < -0.3 is 10.1 Å². The Balaban J connectivity index is 1.26. The Morgan fingerprint density at radius 3 is 2.60 bits per heavy atom. The summed E-state index contributed by atoms with van der Waals surface area (Å²) in [4.78, 5) is 6.70. The van der Waals surface area contributed by atoms with Crippen molar-refractivity contribution in [2.45, 2.75) is 76.6 Å². The lowest BCUT2D eigenvalue weighted by Crippen LogP contribution is -2.65. The van der Waals surface area contributed by atoms with Crippen LogP contribution in [0.1, 0.15) is 57.4 Å². The van der Waals surface area contributed by atoms with Crippen LogP contribution in [0.5, 0.6) is 0 Å². The SMILES string of the molecule is CCO[C@@H]1C[C@@H](NC2CCN(Cc3ccncc3)CC2)C12CCCC2. The molecule has 1 aromatic rings. The molecule has 3 aliphatic rings. The molecule has 2 aliphatic carbocycles. The van der Waals surface area contributed by atoms with Crippen molar-refractivity contribution < 1.29 is 4.74 Å². The molecule has 2 atom stereocenters. The molecule has 4 nitrogen and oxygen atoms in total. The van der Waals surface area contributed by atoms with Crippen LogP contribution < -0.4 is 5.32 Å². The van der Waals surface area contributed by atoms with Crippen LogP contribution >= 0.6 is 0 Å². The molecule has 1 saturated heterocycles. The summed E-state index contributed by atoms with van der Waals surface area (Å²) in [5.41, 5.74) is 1.84. The summed E-state index contributed by atoms with van der Waals surface area (Å²) in [5, 5.41) is 4.04. The van der Waals surface area contributed by atoms with Crippen molar-refractivity contribution in [2.24, 2.45) is 5.41 Å². The van der Waals surface area contributed by atoms with E-state index >= 15 is 0 Å². The monoisotopic (exact) mass is 343 g/mol. The van der Waals surface area contributed by atoms with Gasteiger partial charge in [0.2, 0.25) is 0 Å². The molecule has 0 aromatic carbocycles. The highest BCUT2D eigenvalue weighted by molar-refractivity contribution is 5.11. The van der Waals surface area contributed by atoms with Gasteiger partial charge in [-0.15, -0.1) is 0 Å². The zero-order chi connectivity index (χ0) is 17.1. The van der Waals surface area contributed by atoms with Gasteiger partial charge in [-0.3, -0.25) is 9.88 Å². The molecule has 0 bridgehead atoms. The molecule has 138 valence electrons. The third kappa shape index (κ3) is 3.62. The second kappa shape index (κ2) is 7.73. The number of hydrogen-bond donors (Lipinski definition) is 1. The van der Waals surface area contributed by atoms with E-state index in [0.717, 1.165) is 13.2 Å². The number of ether oxygens (including phenoxy) is 1. The summed E-state index contributed by atoms with van der Waals surface area (Å²) < 4.78 is 6.07. The van der Waals surface area contributed by atoms with E-state index in [-0.39, 0.29) is 0 Å². The second-order valence-corrected chi connectivity index (χ2v) is 8.25. The maximum absolute atomic E-state index is 6.07. The fraction of sp³-hybridized carbons (Fsp3) is 0.762. The van der Waals surface area contributed by atoms with Gasteiger partial charge in [-0.25, -0.2) is 0 Å². The van der Waals surface area contributed by atoms with E-state index in [2.05, 4.69) is 34.3 Å². The van der Waals surface area contributed by atoms with E-state index < -0.39 is 0 Å². The minimum absolute atomic E-state index is 0.462. The Labute approximate surface area is 152 Å². The maximum Gasteiger partial charge on any atom is 0.0661 e. The average molecular weight is 344 g/mol. The van der Waals surface area contributed by atoms with Crippen molar-refractivity contribution in [1.29, 1.82) is 0 Å². The van der Waals surface area contributed by atoms with Gasteiger partial charge in [0.25, 0.3) is 0 Å². The lowest BCUT2D eigenvalue weighted by Gasteiger charge is -2.55. The van der Waals surface area contributed by atoms with Crippen LogP contribution in [0.2, 0.25) is 0 Å². The van der Waals surface area contributed by atoms with Crippen LogP contribution in [0.4, 0.5) is 0 Å². The van der Waals surface area contributed by atoms with Crippen LogP contribution in [-0.4, -0.2) is 47.8 Å². The lowest BCUT2D eigenvalue weighted by molar-refractivity contribution is -0.133. The fourth-order valence-electron chi connectivity index (χ4n) is 5.41. The Hall–Kier alpha value is -0.970.